The van der Waals surface area contributed by atoms with Gasteiger partial charge in [-0.05, 0) is 49.4 Å². The van der Waals surface area contributed by atoms with E-state index in [2.05, 4.69) is 5.32 Å². The molecule has 7 nitrogen and oxygen atoms in total. The lowest BCUT2D eigenvalue weighted by Gasteiger charge is -2.29. The van der Waals surface area contributed by atoms with Crippen LogP contribution in [0.15, 0.2) is 18.2 Å². The van der Waals surface area contributed by atoms with Gasteiger partial charge in [0, 0.05) is 9.90 Å². The van der Waals surface area contributed by atoms with Gasteiger partial charge in [0.2, 0.25) is 5.91 Å². The quantitative estimate of drug-likeness (QED) is 0.586. The molecule has 3 N–H and O–H groups in total. The largest absolute Gasteiger partial charge is 0.423 e. The molecule has 2 aliphatic rings. The number of carbonyl (C=O) groups excluding carboxylic acids is 3. The normalized spacial score (nSPS) is 15.5. The van der Waals surface area contributed by atoms with E-state index >= 15 is 0 Å². The molecule has 0 spiro atoms. The number of hydrogen-bond acceptors (Lipinski definition) is 6. The van der Waals surface area contributed by atoms with Crippen LogP contribution in [-0.4, -0.2) is 30.9 Å². The fraction of sp³-hybridized carbons (Fsp3) is 0.316. The lowest BCUT2D eigenvalue weighted by Crippen LogP contribution is -2.41. The summed E-state index contributed by atoms with van der Waals surface area (Å²) in [6.07, 6.45) is 3.75. The molecule has 1 aromatic carbocycles. The van der Waals surface area contributed by atoms with Gasteiger partial charge < -0.3 is 20.7 Å². The van der Waals surface area contributed by atoms with Gasteiger partial charge in [-0.25, -0.2) is 4.79 Å². The van der Waals surface area contributed by atoms with Gasteiger partial charge in [-0.3, -0.25) is 9.59 Å². The summed E-state index contributed by atoms with van der Waals surface area (Å²) in [6.45, 7) is -0.145. The van der Waals surface area contributed by atoms with Gasteiger partial charge in [0.25, 0.3) is 5.91 Å². The number of hydrogen-bond donors (Lipinski definition) is 2. The molecule has 2 amide bonds. The Kier molecular flexibility index (Phi) is 4.99. The number of esters is 1. The molecule has 0 unspecified atom stereocenters. The van der Waals surface area contributed by atoms with E-state index < -0.39 is 11.9 Å². The third-order valence-electron chi connectivity index (χ3n) is 4.81. The van der Waals surface area contributed by atoms with Crippen molar-refractivity contribution in [2.75, 3.05) is 23.3 Å². The fourth-order valence-electron chi connectivity index (χ4n) is 3.62. The number of nitrogens with zero attached hydrogens (tertiary/aromatic N) is 1. The zero-order valence-electron chi connectivity index (χ0n) is 14.9. The maximum Gasteiger partial charge on any atom is 0.331 e. The molecular formula is C19H18ClN3O4S. The number of nitrogens with one attached hydrogen (secondary N) is 1. The van der Waals surface area contributed by atoms with Crippen molar-refractivity contribution in [1.29, 1.82) is 0 Å². The first-order valence-corrected chi connectivity index (χ1v) is 10.1. The van der Waals surface area contributed by atoms with Crippen LogP contribution in [0.5, 0.6) is 5.75 Å². The summed E-state index contributed by atoms with van der Waals surface area (Å²) in [5.74, 6) is -0.972. The van der Waals surface area contributed by atoms with Gasteiger partial charge >= 0.3 is 5.97 Å². The SMILES string of the molecule is NC(=O)c1c(NC(=O)CN2CC(=O)Oc3ccc(Cl)cc32)sc2c1CCCC2. The number of ether oxygens (including phenoxy) is 1. The number of aryl methyl sites for hydroxylation is 1. The van der Waals surface area contributed by atoms with Gasteiger partial charge in [-0.2, -0.15) is 0 Å². The first-order valence-electron chi connectivity index (χ1n) is 8.91. The second-order valence-electron chi connectivity index (χ2n) is 6.77. The molecule has 28 heavy (non-hydrogen) atoms. The van der Waals surface area contributed by atoms with Crippen LogP contribution in [0.2, 0.25) is 5.02 Å². The Bertz CT molecular complexity index is 988. The van der Waals surface area contributed by atoms with Crippen molar-refractivity contribution in [2.45, 2.75) is 25.7 Å². The fourth-order valence-corrected chi connectivity index (χ4v) is 5.09. The Hall–Kier alpha value is -2.58. The minimum Gasteiger partial charge on any atom is -0.423 e. The second-order valence-corrected chi connectivity index (χ2v) is 8.31. The highest BCUT2D eigenvalue weighted by Gasteiger charge is 2.28. The molecule has 2 aromatic rings. The standard InChI is InChI=1S/C19H18ClN3O4S/c20-10-5-6-13-12(7-10)23(9-16(25)27-13)8-15(24)22-19-17(18(21)26)11-3-1-2-4-14(11)28-19/h5-7H,1-4,8-9H2,(H2,21,26)(H,22,24). The molecule has 1 aromatic heterocycles. The molecule has 0 saturated carbocycles. The number of fused-ring (bicyclic) bond motifs is 2. The van der Waals surface area contributed by atoms with E-state index in [-0.39, 0.29) is 19.0 Å². The van der Waals surface area contributed by atoms with Crippen LogP contribution in [0.1, 0.15) is 33.6 Å². The lowest BCUT2D eigenvalue weighted by molar-refractivity contribution is -0.133. The van der Waals surface area contributed by atoms with Gasteiger partial charge in [0.15, 0.2) is 5.75 Å². The molecule has 9 heteroatoms. The summed E-state index contributed by atoms with van der Waals surface area (Å²) in [6, 6.07) is 4.86. The van der Waals surface area contributed by atoms with Crippen molar-refractivity contribution < 1.29 is 19.1 Å². The first-order chi connectivity index (χ1) is 13.4. The molecule has 0 bridgehead atoms. The molecule has 0 fully saturated rings. The highest BCUT2D eigenvalue weighted by Crippen LogP contribution is 2.38. The number of amides is 2. The number of carbonyl (C=O) groups is 3. The summed E-state index contributed by atoms with van der Waals surface area (Å²) in [4.78, 5) is 39.2. The van der Waals surface area contributed by atoms with Crippen LogP contribution in [0, 0.1) is 0 Å². The molecule has 0 atom stereocenters. The van der Waals surface area contributed by atoms with E-state index in [0.29, 0.717) is 27.0 Å². The van der Waals surface area contributed by atoms with E-state index in [1.54, 1.807) is 23.1 Å². The lowest BCUT2D eigenvalue weighted by atomic mass is 9.95. The molecule has 2 heterocycles. The van der Waals surface area contributed by atoms with Crippen molar-refractivity contribution >= 4 is 51.4 Å². The number of primary amides is 1. The van der Waals surface area contributed by atoms with Crippen LogP contribution >= 0.6 is 22.9 Å². The zero-order chi connectivity index (χ0) is 19.8. The molecular weight excluding hydrogens is 402 g/mol. The van der Waals surface area contributed by atoms with Crippen molar-refractivity contribution in [3.05, 3.63) is 39.2 Å². The average Bonchev–Trinajstić information content (AvgIpc) is 3.00. The van der Waals surface area contributed by atoms with Crippen molar-refractivity contribution in [2.24, 2.45) is 5.73 Å². The van der Waals surface area contributed by atoms with Crippen LogP contribution in [0.3, 0.4) is 0 Å². The van der Waals surface area contributed by atoms with E-state index in [1.807, 2.05) is 0 Å². The number of nitrogens with two attached hydrogens (primary N) is 1. The number of anilines is 2. The minimum absolute atomic E-state index is 0.0651. The minimum atomic E-state index is -0.534. The van der Waals surface area contributed by atoms with Gasteiger partial charge in [0.05, 0.1) is 17.8 Å². The molecule has 1 aliphatic carbocycles. The van der Waals surface area contributed by atoms with E-state index in [9.17, 15) is 14.4 Å². The Labute approximate surface area is 170 Å². The molecule has 0 saturated heterocycles. The number of halogens is 1. The Morgan fingerprint density at radius 2 is 2.07 bits per heavy atom. The maximum absolute atomic E-state index is 12.7. The molecule has 0 radical (unpaired) electrons. The van der Waals surface area contributed by atoms with Gasteiger partial charge in [0.1, 0.15) is 11.5 Å². The Morgan fingerprint density at radius 1 is 1.29 bits per heavy atom. The van der Waals surface area contributed by atoms with Crippen LogP contribution < -0.4 is 20.7 Å². The summed E-state index contributed by atoms with van der Waals surface area (Å²) >= 11 is 7.45. The zero-order valence-corrected chi connectivity index (χ0v) is 16.5. The maximum atomic E-state index is 12.7. The average molecular weight is 420 g/mol. The van der Waals surface area contributed by atoms with Gasteiger partial charge in [-0.1, -0.05) is 11.6 Å². The van der Waals surface area contributed by atoms with Crippen LogP contribution in [0.25, 0.3) is 0 Å². The van der Waals surface area contributed by atoms with Crippen molar-refractivity contribution in [1.82, 2.24) is 0 Å². The van der Waals surface area contributed by atoms with Gasteiger partial charge in [-0.15, -0.1) is 11.3 Å². The van der Waals surface area contributed by atoms with E-state index in [0.717, 1.165) is 36.1 Å². The van der Waals surface area contributed by atoms with E-state index in [1.165, 1.54) is 11.3 Å². The predicted octanol–water partition coefficient (Wildman–Crippen LogP) is 2.74. The monoisotopic (exact) mass is 419 g/mol. The molecule has 1 aliphatic heterocycles. The first kappa shape index (κ1) is 18.8. The van der Waals surface area contributed by atoms with Crippen LogP contribution in [-0.2, 0) is 22.4 Å². The van der Waals surface area contributed by atoms with Crippen molar-refractivity contribution in [3.8, 4) is 5.75 Å². The summed E-state index contributed by atoms with van der Waals surface area (Å²) in [7, 11) is 0. The summed E-state index contributed by atoms with van der Waals surface area (Å²) in [5, 5.41) is 3.77. The van der Waals surface area contributed by atoms with Crippen molar-refractivity contribution in [3.63, 3.8) is 0 Å². The topological polar surface area (TPSA) is 102 Å². The molecule has 146 valence electrons. The number of benzene rings is 1. The highest BCUT2D eigenvalue weighted by molar-refractivity contribution is 7.17. The Balaban J connectivity index is 1.56. The number of thiophene rings is 1. The smallest absolute Gasteiger partial charge is 0.331 e. The molecule has 4 rings (SSSR count). The second kappa shape index (κ2) is 7.44. The highest BCUT2D eigenvalue weighted by atomic mass is 35.5. The summed E-state index contributed by atoms with van der Waals surface area (Å²) in [5.41, 5.74) is 7.51. The third-order valence-corrected chi connectivity index (χ3v) is 6.25. The van der Waals surface area contributed by atoms with Crippen LogP contribution in [0.4, 0.5) is 10.7 Å². The Morgan fingerprint density at radius 3 is 2.86 bits per heavy atom. The number of rotatable bonds is 4. The summed E-state index contributed by atoms with van der Waals surface area (Å²) < 4.78 is 5.19. The third kappa shape index (κ3) is 3.57. The van der Waals surface area contributed by atoms with E-state index in [4.69, 9.17) is 22.1 Å². The predicted molar refractivity (Wildman–Crippen MR) is 107 cm³/mol.